The lowest BCUT2D eigenvalue weighted by atomic mass is 10.1. The van der Waals surface area contributed by atoms with Crippen molar-refractivity contribution in [2.24, 2.45) is 0 Å². The van der Waals surface area contributed by atoms with Crippen LogP contribution in [0.1, 0.15) is 15.9 Å². The average molecular weight is 192 g/mol. The van der Waals surface area contributed by atoms with Crippen molar-refractivity contribution in [3.63, 3.8) is 0 Å². The van der Waals surface area contributed by atoms with E-state index in [9.17, 15) is 4.79 Å². The van der Waals surface area contributed by atoms with Gasteiger partial charge in [0.05, 0.1) is 24.4 Å². The molecule has 14 heavy (non-hydrogen) atoms. The van der Waals surface area contributed by atoms with Crippen molar-refractivity contribution >= 4 is 11.7 Å². The summed E-state index contributed by atoms with van der Waals surface area (Å²) in [5, 5.41) is 17.4. The zero-order chi connectivity index (χ0) is 10.7. The second kappa shape index (κ2) is 3.66. The molecule has 0 unspecified atom stereocenters. The third-order valence-corrected chi connectivity index (χ3v) is 1.70. The normalized spacial score (nSPS) is 9.14. The van der Waals surface area contributed by atoms with Crippen LogP contribution >= 0.6 is 0 Å². The molecule has 0 aliphatic heterocycles. The van der Waals surface area contributed by atoms with Crippen molar-refractivity contribution in [1.29, 1.82) is 5.26 Å². The maximum Gasteiger partial charge on any atom is 0.341 e. The third kappa shape index (κ3) is 1.59. The zero-order valence-electron chi connectivity index (χ0n) is 7.44. The van der Waals surface area contributed by atoms with Crippen LogP contribution in [0.15, 0.2) is 12.1 Å². The number of aromatic carboxylic acids is 1. The highest BCUT2D eigenvalue weighted by Gasteiger charge is 2.15. The van der Waals surface area contributed by atoms with Crippen molar-refractivity contribution in [3.05, 3.63) is 23.3 Å². The van der Waals surface area contributed by atoms with Crippen LogP contribution in [0.5, 0.6) is 5.75 Å². The predicted octanol–water partition coefficient (Wildman–Crippen LogP) is 0.847. The molecule has 0 fully saturated rings. The number of nitriles is 1. The summed E-state index contributed by atoms with van der Waals surface area (Å²) >= 11 is 0. The van der Waals surface area contributed by atoms with E-state index in [-0.39, 0.29) is 22.6 Å². The number of anilines is 1. The number of nitrogen functional groups attached to an aromatic ring is 1. The Morgan fingerprint density at radius 3 is 2.71 bits per heavy atom. The summed E-state index contributed by atoms with van der Waals surface area (Å²) < 4.78 is 4.82. The Labute approximate surface area is 80.3 Å². The summed E-state index contributed by atoms with van der Waals surface area (Å²) in [6.45, 7) is 0. The molecular weight excluding hydrogens is 184 g/mol. The quantitative estimate of drug-likeness (QED) is 0.677. The maximum absolute atomic E-state index is 10.8. The summed E-state index contributed by atoms with van der Waals surface area (Å²) in [6.07, 6.45) is 0. The molecule has 1 aromatic carbocycles. The Hall–Kier alpha value is -2.22. The topological polar surface area (TPSA) is 96.3 Å². The van der Waals surface area contributed by atoms with E-state index in [0.29, 0.717) is 0 Å². The molecule has 5 heteroatoms. The molecule has 0 bridgehead atoms. The lowest BCUT2D eigenvalue weighted by molar-refractivity contribution is 0.0694. The summed E-state index contributed by atoms with van der Waals surface area (Å²) in [5.74, 6) is -1.09. The van der Waals surface area contributed by atoms with Crippen LogP contribution in [0.4, 0.5) is 5.69 Å². The van der Waals surface area contributed by atoms with Gasteiger partial charge in [-0.15, -0.1) is 0 Å². The molecule has 0 aliphatic rings. The molecule has 0 saturated heterocycles. The van der Waals surface area contributed by atoms with Crippen LogP contribution in [0.3, 0.4) is 0 Å². The van der Waals surface area contributed by atoms with E-state index >= 15 is 0 Å². The van der Waals surface area contributed by atoms with E-state index in [1.165, 1.54) is 19.2 Å². The molecule has 0 aliphatic carbocycles. The number of nitrogens with zero attached hydrogens (tertiary/aromatic N) is 1. The number of carbonyl (C=O) groups is 1. The van der Waals surface area contributed by atoms with Gasteiger partial charge in [-0.3, -0.25) is 0 Å². The molecule has 0 amide bonds. The maximum atomic E-state index is 10.8. The Bertz CT molecular complexity index is 421. The predicted molar refractivity (Wildman–Crippen MR) is 49.1 cm³/mol. The molecule has 0 aromatic heterocycles. The van der Waals surface area contributed by atoms with E-state index in [2.05, 4.69) is 0 Å². The largest absolute Gasteiger partial charge is 0.496 e. The SMILES string of the molecule is COc1cc(C#N)cc(N)c1C(=O)O. The summed E-state index contributed by atoms with van der Waals surface area (Å²) in [6, 6.07) is 4.49. The molecule has 72 valence electrons. The van der Waals surface area contributed by atoms with Crippen molar-refractivity contribution in [3.8, 4) is 11.8 Å². The zero-order valence-corrected chi connectivity index (χ0v) is 7.44. The van der Waals surface area contributed by atoms with Crippen LogP contribution < -0.4 is 10.5 Å². The van der Waals surface area contributed by atoms with Crippen molar-refractivity contribution in [2.45, 2.75) is 0 Å². The minimum absolute atomic E-state index is 0.0217. The molecule has 5 nitrogen and oxygen atoms in total. The van der Waals surface area contributed by atoms with Crippen LogP contribution in [0.2, 0.25) is 0 Å². The van der Waals surface area contributed by atoms with E-state index in [0.717, 1.165) is 0 Å². The Morgan fingerprint density at radius 2 is 2.29 bits per heavy atom. The van der Waals surface area contributed by atoms with E-state index in [4.69, 9.17) is 20.8 Å². The minimum atomic E-state index is -1.18. The molecule has 0 atom stereocenters. The smallest absolute Gasteiger partial charge is 0.341 e. The molecule has 0 saturated carbocycles. The summed E-state index contributed by atoms with van der Waals surface area (Å²) in [7, 11) is 1.32. The Balaban J connectivity index is 3.44. The van der Waals surface area contributed by atoms with Gasteiger partial charge < -0.3 is 15.6 Å². The van der Waals surface area contributed by atoms with Gasteiger partial charge in [-0.1, -0.05) is 0 Å². The number of nitrogens with two attached hydrogens (primary N) is 1. The monoisotopic (exact) mass is 192 g/mol. The molecule has 1 rings (SSSR count). The lowest BCUT2D eigenvalue weighted by Crippen LogP contribution is -2.05. The molecule has 0 heterocycles. The average Bonchev–Trinajstić information content (AvgIpc) is 2.15. The number of carboxylic acids is 1. The first kappa shape index (κ1) is 9.86. The minimum Gasteiger partial charge on any atom is -0.496 e. The van der Waals surface area contributed by atoms with Crippen molar-refractivity contribution < 1.29 is 14.6 Å². The first-order valence-electron chi connectivity index (χ1n) is 3.71. The summed E-state index contributed by atoms with van der Waals surface area (Å²) in [5.41, 5.74) is 5.63. The fourth-order valence-electron chi connectivity index (χ4n) is 1.09. The number of methoxy groups -OCH3 is 1. The lowest BCUT2D eigenvalue weighted by Gasteiger charge is -2.07. The van der Waals surface area contributed by atoms with Gasteiger partial charge in [0.1, 0.15) is 11.3 Å². The third-order valence-electron chi connectivity index (χ3n) is 1.70. The van der Waals surface area contributed by atoms with Gasteiger partial charge >= 0.3 is 5.97 Å². The van der Waals surface area contributed by atoms with Gasteiger partial charge in [-0.05, 0) is 12.1 Å². The molecule has 3 N–H and O–H groups in total. The number of ether oxygens (including phenoxy) is 1. The van der Waals surface area contributed by atoms with E-state index in [1.807, 2.05) is 6.07 Å². The van der Waals surface area contributed by atoms with Gasteiger partial charge in [0.2, 0.25) is 0 Å². The number of hydrogen-bond donors (Lipinski definition) is 2. The van der Waals surface area contributed by atoms with Gasteiger partial charge in [0.25, 0.3) is 0 Å². The highest BCUT2D eigenvalue weighted by Crippen LogP contribution is 2.26. The fourth-order valence-corrected chi connectivity index (χ4v) is 1.09. The van der Waals surface area contributed by atoms with Crippen molar-refractivity contribution in [1.82, 2.24) is 0 Å². The van der Waals surface area contributed by atoms with Crippen LogP contribution in [0.25, 0.3) is 0 Å². The fraction of sp³-hybridized carbons (Fsp3) is 0.111. The highest BCUT2D eigenvalue weighted by atomic mass is 16.5. The molecular formula is C9H8N2O3. The highest BCUT2D eigenvalue weighted by molar-refractivity contribution is 5.97. The Morgan fingerprint density at radius 1 is 1.64 bits per heavy atom. The summed E-state index contributed by atoms with van der Waals surface area (Å²) in [4.78, 5) is 10.8. The number of hydrogen-bond acceptors (Lipinski definition) is 4. The second-order valence-corrected chi connectivity index (χ2v) is 2.56. The van der Waals surface area contributed by atoms with Gasteiger partial charge in [-0.2, -0.15) is 5.26 Å². The number of benzene rings is 1. The molecule has 0 radical (unpaired) electrons. The van der Waals surface area contributed by atoms with Gasteiger partial charge in [0, 0.05) is 0 Å². The van der Waals surface area contributed by atoms with Crippen LogP contribution in [-0.2, 0) is 0 Å². The standard InChI is InChI=1S/C9H8N2O3/c1-14-7-3-5(4-10)2-6(11)8(7)9(12)13/h2-3H,11H2,1H3,(H,12,13). The van der Waals surface area contributed by atoms with E-state index in [1.54, 1.807) is 0 Å². The second-order valence-electron chi connectivity index (χ2n) is 2.56. The first-order chi connectivity index (χ1) is 6.60. The van der Waals surface area contributed by atoms with Crippen LogP contribution in [0, 0.1) is 11.3 Å². The molecule has 1 aromatic rings. The molecule has 0 spiro atoms. The van der Waals surface area contributed by atoms with Crippen LogP contribution in [-0.4, -0.2) is 18.2 Å². The van der Waals surface area contributed by atoms with E-state index < -0.39 is 5.97 Å². The number of rotatable bonds is 2. The van der Waals surface area contributed by atoms with Gasteiger partial charge in [-0.25, -0.2) is 4.79 Å². The van der Waals surface area contributed by atoms with Gasteiger partial charge in [0.15, 0.2) is 0 Å². The first-order valence-corrected chi connectivity index (χ1v) is 3.71. The number of carboxylic acid groups (broad SMARTS) is 1. The Kier molecular flexibility index (Phi) is 2.58. The van der Waals surface area contributed by atoms with Crippen molar-refractivity contribution in [2.75, 3.05) is 12.8 Å².